The van der Waals surface area contributed by atoms with E-state index in [0.717, 1.165) is 6.42 Å². The molecule has 2 rings (SSSR count). The quantitative estimate of drug-likeness (QED) is 0.739. The minimum Gasteiger partial charge on any atom is -0.372 e. The molecule has 1 aliphatic heterocycles. The highest BCUT2D eigenvalue weighted by Gasteiger charge is 2.25. The molecule has 0 saturated carbocycles. The third kappa shape index (κ3) is 1.56. The molecule has 1 aliphatic rings. The highest BCUT2D eigenvalue weighted by atomic mass is 16.5. The van der Waals surface area contributed by atoms with Gasteiger partial charge in [-0.2, -0.15) is 0 Å². The molecule has 0 radical (unpaired) electrons. The van der Waals surface area contributed by atoms with Crippen LogP contribution in [0.4, 0.5) is 0 Å². The first-order valence-electron chi connectivity index (χ1n) is 5.19. The molecule has 2 atom stereocenters. The van der Waals surface area contributed by atoms with E-state index in [0.29, 0.717) is 6.61 Å². The molecule has 0 fully saturated rings. The normalized spacial score (nSPS) is 25.9. The van der Waals surface area contributed by atoms with Gasteiger partial charge in [0.05, 0.1) is 18.8 Å². The number of fused-ring (bicyclic) bond motifs is 1. The van der Waals surface area contributed by atoms with E-state index in [-0.39, 0.29) is 12.1 Å². The summed E-state index contributed by atoms with van der Waals surface area (Å²) >= 11 is 0. The maximum absolute atomic E-state index is 6.14. The Balaban J connectivity index is 2.38. The minimum absolute atomic E-state index is 0.0450. The van der Waals surface area contributed by atoms with E-state index >= 15 is 0 Å². The summed E-state index contributed by atoms with van der Waals surface area (Å²) in [6.07, 6.45) is 1.17. The second kappa shape index (κ2) is 3.71. The van der Waals surface area contributed by atoms with Crippen molar-refractivity contribution in [1.82, 2.24) is 0 Å². The van der Waals surface area contributed by atoms with Crippen LogP contribution in [-0.2, 0) is 11.3 Å². The van der Waals surface area contributed by atoms with E-state index in [2.05, 4.69) is 32.0 Å². The summed E-state index contributed by atoms with van der Waals surface area (Å²) in [5, 5.41) is 0. The summed E-state index contributed by atoms with van der Waals surface area (Å²) in [7, 11) is 0. The molecule has 0 spiro atoms. The molecule has 2 heteroatoms. The van der Waals surface area contributed by atoms with Gasteiger partial charge >= 0.3 is 0 Å². The fourth-order valence-corrected chi connectivity index (χ4v) is 2.03. The van der Waals surface area contributed by atoms with E-state index in [1.54, 1.807) is 0 Å². The van der Waals surface area contributed by atoms with Gasteiger partial charge in [-0.3, -0.25) is 0 Å². The van der Waals surface area contributed by atoms with Gasteiger partial charge in [0.1, 0.15) is 0 Å². The van der Waals surface area contributed by atoms with Crippen molar-refractivity contribution >= 4 is 0 Å². The number of rotatable bonds is 1. The third-order valence-corrected chi connectivity index (χ3v) is 2.92. The highest BCUT2D eigenvalue weighted by Crippen LogP contribution is 2.29. The van der Waals surface area contributed by atoms with Crippen molar-refractivity contribution < 1.29 is 4.74 Å². The first-order valence-corrected chi connectivity index (χ1v) is 5.19. The van der Waals surface area contributed by atoms with Crippen molar-refractivity contribution in [1.29, 1.82) is 0 Å². The van der Waals surface area contributed by atoms with Gasteiger partial charge in [0.2, 0.25) is 0 Å². The molecule has 0 amide bonds. The zero-order valence-corrected chi connectivity index (χ0v) is 8.79. The molecular formula is C12H17NO. The lowest BCUT2D eigenvalue weighted by atomic mass is 9.92. The summed E-state index contributed by atoms with van der Waals surface area (Å²) in [5.41, 5.74) is 9.93. The Hall–Kier alpha value is -0.860. The molecule has 1 unspecified atom stereocenters. The van der Waals surface area contributed by atoms with Crippen molar-refractivity contribution in [2.45, 2.75) is 39.0 Å². The molecule has 0 bridgehead atoms. The van der Waals surface area contributed by atoms with Gasteiger partial charge in [0.25, 0.3) is 0 Å². The van der Waals surface area contributed by atoms with Crippen LogP contribution in [0.25, 0.3) is 0 Å². The average Bonchev–Trinajstić information content (AvgIpc) is 2.20. The van der Waals surface area contributed by atoms with Crippen molar-refractivity contribution in [2.75, 3.05) is 0 Å². The van der Waals surface area contributed by atoms with Crippen LogP contribution in [0, 0.1) is 6.92 Å². The summed E-state index contributed by atoms with van der Waals surface area (Å²) < 4.78 is 5.68. The molecule has 2 N–H and O–H groups in total. The van der Waals surface area contributed by atoms with Crippen LogP contribution in [0.3, 0.4) is 0 Å². The van der Waals surface area contributed by atoms with Gasteiger partial charge in [-0.25, -0.2) is 0 Å². The molecule has 0 aliphatic carbocycles. The minimum atomic E-state index is 0.0450. The topological polar surface area (TPSA) is 35.2 Å². The predicted molar refractivity (Wildman–Crippen MR) is 57.0 cm³/mol. The Labute approximate surface area is 85.1 Å². The van der Waals surface area contributed by atoms with E-state index < -0.39 is 0 Å². The Morgan fingerprint density at radius 1 is 1.50 bits per heavy atom. The Bertz CT molecular complexity index is 335. The van der Waals surface area contributed by atoms with E-state index in [1.165, 1.54) is 16.7 Å². The first-order chi connectivity index (χ1) is 6.72. The fourth-order valence-electron chi connectivity index (χ4n) is 2.03. The summed E-state index contributed by atoms with van der Waals surface area (Å²) in [6.45, 7) is 4.93. The summed E-state index contributed by atoms with van der Waals surface area (Å²) in [4.78, 5) is 0. The number of hydrogen-bond acceptors (Lipinski definition) is 2. The zero-order chi connectivity index (χ0) is 10.1. The Morgan fingerprint density at radius 2 is 2.29 bits per heavy atom. The lowest BCUT2D eigenvalue weighted by Crippen LogP contribution is -2.33. The lowest BCUT2D eigenvalue weighted by Gasteiger charge is -2.30. The lowest BCUT2D eigenvalue weighted by molar-refractivity contribution is 0.00678. The van der Waals surface area contributed by atoms with Gasteiger partial charge in [0.15, 0.2) is 0 Å². The molecule has 1 heterocycles. The monoisotopic (exact) mass is 191 g/mol. The number of aryl methyl sites for hydroxylation is 1. The zero-order valence-electron chi connectivity index (χ0n) is 8.79. The Morgan fingerprint density at radius 3 is 3.00 bits per heavy atom. The van der Waals surface area contributed by atoms with E-state index in [9.17, 15) is 0 Å². The van der Waals surface area contributed by atoms with Crippen LogP contribution >= 0.6 is 0 Å². The maximum Gasteiger partial charge on any atom is 0.0769 e. The van der Waals surface area contributed by atoms with Gasteiger partial charge in [0, 0.05) is 0 Å². The van der Waals surface area contributed by atoms with Crippen LogP contribution < -0.4 is 5.73 Å². The van der Waals surface area contributed by atoms with Gasteiger partial charge in [-0.05, 0) is 24.5 Å². The van der Waals surface area contributed by atoms with Gasteiger partial charge < -0.3 is 10.5 Å². The average molecular weight is 191 g/mol. The molecule has 0 saturated heterocycles. The van der Waals surface area contributed by atoms with Gasteiger partial charge in [-0.15, -0.1) is 0 Å². The molecule has 1 aromatic carbocycles. The fraction of sp³-hybridized carbons (Fsp3) is 0.500. The maximum atomic E-state index is 6.14. The van der Waals surface area contributed by atoms with Crippen molar-refractivity contribution in [3.63, 3.8) is 0 Å². The predicted octanol–water partition coefficient (Wildman–Crippen LogP) is 2.30. The number of benzene rings is 1. The van der Waals surface area contributed by atoms with Crippen molar-refractivity contribution in [3.8, 4) is 0 Å². The standard InChI is InChI=1S/C12H17NO/c1-3-11-12(13)10-6-8(2)4-5-9(10)7-14-11/h4-6,11-12H,3,7,13H2,1-2H3/t11?,12-/m1/s1. The third-order valence-electron chi connectivity index (χ3n) is 2.92. The number of nitrogens with two attached hydrogens (primary N) is 1. The van der Waals surface area contributed by atoms with E-state index in [4.69, 9.17) is 10.5 Å². The van der Waals surface area contributed by atoms with Gasteiger partial charge in [-0.1, -0.05) is 30.7 Å². The second-order valence-electron chi connectivity index (χ2n) is 3.99. The summed E-state index contributed by atoms with van der Waals surface area (Å²) in [5.74, 6) is 0. The Kier molecular flexibility index (Phi) is 2.57. The molecule has 0 aromatic heterocycles. The number of ether oxygens (including phenoxy) is 1. The van der Waals surface area contributed by atoms with E-state index in [1.807, 2.05) is 0 Å². The van der Waals surface area contributed by atoms with Crippen molar-refractivity contribution in [2.24, 2.45) is 5.73 Å². The number of hydrogen-bond donors (Lipinski definition) is 1. The molecule has 1 aromatic rings. The van der Waals surface area contributed by atoms with Crippen LogP contribution in [-0.4, -0.2) is 6.10 Å². The molecule has 14 heavy (non-hydrogen) atoms. The smallest absolute Gasteiger partial charge is 0.0769 e. The van der Waals surface area contributed by atoms with Crippen LogP contribution in [0.1, 0.15) is 36.1 Å². The van der Waals surface area contributed by atoms with Crippen LogP contribution in [0.15, 0.2) is 18.2 Å². The second-order valence-corrected chi connectivity index (χ2v) is 3.99. The summed E-state index contributed by atoms with van der Waals surface area (Å²) in [6, 6.07) is 6.46. The van der Waals surface area contributed by atoms with Crippen LogP contribution in [0.2, 0.25) is 0 Å². The van der Waals surface area contributed by atoms with Crippen LogP contribution in [0.5, 0.6) is 0 Å². The largest absolute Gasteiger partial charge is 0.372 e. The van der Waals surface area contributed by atoms with Crippen molar-refractivity contribution in [3.05, 3.63) is 34.9 Å². The molecule has 2 nitrogen and oxygen atoms in total. The molecule has 76 valence electrons. The molecular weight excluding hydrogens is 174 g/mol. The SMILES string of the molecule is CCC1OCc2ccc(C)cc2[C@H]1N. The first kappa shape index (κ1) is 9.69. The highest BCUT2D eigenvalue weighted by molar-refractivity contribution is 5.35.